The Hall–Kier alpha value is -0.920. The summed E-state index contributed by atoms with van der Waals surface area (Å²) in [6, 6.07) is 0. The number of aryl methyl sites for hydroxylation is 2. The molecule has 1 saturated heterocycles. The Balaban J connectivity index is 1.84. The Morgan fingerprint density at radius 2 is 2.25 bits per heavy atom. The SMILES string of the molecule is Cc1nc2scc(C)n2c1CNC1(C)CCS(=O)(=O)C1. The van der Waals surface area contributed by atoms with Gasteiger partial charge in [0.25, 0.3) is 0 Å². The van der Waals surface area contributed by atoms with E-state index >= 15 is 0 Å². The van der Waals surface area contributed by atoms with Crippen LogP contribution >= 0.6 is 11.3 Å². The maximum atomic E-state index is 11.6. The first-order valence-corrected chi connectivity index (χ1v) is 9.37. The van der Waals surface area contributed by atoms with Crippen LogP contribution < -0.4 is 5.32 Å². The van der Waals surface area contributed by atoms with E-state index in [0.717, 1.165) is 16.3 Å². The van der Waals surface area contributed by atoms with Gasteiger partial charge in [-0.2, -0.15) is 0 Å². The average molecular weight is 313 g/mol. The molecule has 0 bridgehead atoms. The standard InChI is InChI=1S/C13H19N3O2S2/c1-9-7-19-12-15-10(2)11(16(9)12)6-14-13(3)4-5-20(17,18)8-13/h7,14H,4-6,8H2,1-3H3. The lowest BCUT2D eigenvalue weighted by atomic mass is 10.0. The Bertz CT molecular complexity index is 760. The van der Waals surface area contributed by atoms with Crippen molar-refractivity contribution in [1.29, 1.82) is 0 Å². The van der Waals surface area contributed by atoms with Gasteiger partial charge in [-0.15, -0.1) is 11.3 Å². The molecule has 0 radical (unpaired) electrons. The van der Waals surface area contributed by atoms with Crippen LogP contribution in [0, 0.1) is 13.8 Å². The number of rotatable bonds is 3. The van der Waals surface area contributed by atoms with Gasteiger partial charge in [-0.05, 0) is 27.2 Å². The summed E-state index contributed by atoms with van der Waals surface area (Å²) in [5.41, 5.74) is 2.99. The molecule has 1 aliphatic heterocycles. The molecule has 3 heterocycles. The van der Waals surface area contributed by atoms with Crippen molar-refractivity contribution in [2.75, 3.05) is 11.5 Å². The largest absolute Gasteiger partial charge is 0.305 e. The van der Waals surface area contributed by atoms with Crippen LogP contribution in [0.5, 0.6) is 0 Å². The molecule has 1 atom stereocenters. The van der Waals surface area contributed by atoms with E-state index < -0.39 is 9.84 Å². The molecule has 0 saturated carbocycles. The van der Waals surface area contributed by atoms with Gasteiger partial charge in [-0.1, -0.05) is 0 Å². The fraction of sp³-hybridized carbons (Fsp3) is 0.615. The highest BCUT2D eigenvalue weighted by Gasteiger charge is 2.38. The smallest absolute Gasteiger partial charge is 0.194 e. The zero-order chi connectivity index (χ0) is 14.5. The number of hydrogen-bond donors (Lipinski definition) is 1. The summed E-state index contributed by atoms with van der Waals surface area (Å²) in [4.78, 5) is 5.55. The van der Waals surface area contributed by atoms with E-state index in [9.17, 15) is 8.42 Å². The van der Waals surface area contributed by atoms with E-state index in [0.29, 0.717) is 13.0 Å². The quantitative estimate of drug-likeness (QED) is 0.936. The number of nitrogens with zero attached hydrogens (tertiary/aromatic N) is 2. The van der Waals surface area contributed by atoms with Crippen LogP contribution in [0.2, 0.25) is 0 Å². The maximum Gasteiger partial charge on any atom is 0.194 e. The lowest BCUT2D eigenvalue weighted by Crippen LogP contribution is -2.43. The summed E-state index contributed by atoms with van der Waals surface area (Å²) in [6.07, 6.45) is 0.680. The second-order valence-corrected chi connectivity index (χ2v) is 8.92. The minimum absolute atomic E-state index is 0.226. The fourth-order valence-electron chi connectivity index (χ4n) is 2.82. The van der Waals surface area contributed by atoms with Crippen LogP contribution in [0.3, 0.4) is 0 Å². The predicted molar refractivity (Wildman–Crippen MR) is 81.1 cm³/mol. The second kappa shape index (κ2) is 4.54. The number of aromatic nitrogens is 2. The third kappa shape index (κ3) is 2.38. The minimum atomic E-state index is -2.88. The molecule has 2 aromatic rings. The van der Waals surface area contributed by atoms with E-state index in [1.54, 1.807) is 11.3 Å². The summed E-state index contributed by atoms with van der Waals surface area (Å²) in [7, 11) is -2.88. The van der Waals surface area contributed by atoms with E-state index in [2.05, 4.69) is 27.0 Å². The summed E-state index contributed by atoms with van der Waals surface area (Å²) in [5.74, 6) is 0.512. The third-order valence-electron chi connectivity index (χ3n) is 4.02. The molecule has 1 fully saturated rings. The Labute approximate surface area is 122 Å². The first kappa shape index (κ1) is 14.0. The number of nitrogens with one attached hydrogen (secondary N) is 1. The molecule has 5 nitrogen and oxygen atoms in total. The first-order valence-electron chi connectivity index (χ1n) is 6.67. The van der Waals surface area contributed by atoms with E-state index in [1.165, 1.54) is 5.69 Å². The molecule has 1 N–H and O–H groups in total. The first-order chi connectivity index (χ1) is 9.30. The van der Waals surface area contributed by atoms with Crippen molar-refractivity contribution >= 4 is 26.1 Å². The molecule has 20 heavy (non-hydrogen) atoms. The molecule has 110 valence electrons. The molecule has 1 unspecified atom stereocenters. The molecule has 0 spiro atoms. The highest BCUT2D eigenvalue weighted by molar-refractivity contribution is 7.91. The van der Waals surface area contributed by atoms with Gasteiger partial charge in [0.2, 0.25) is 0 Å². The Morgan fingerprint density at radius 3 is 2.90 bits per heavy atom. The van der Waals surface area contributed by atoms with Gasteiger partial charge in [0.1, 0.15) is 0 Å². The molecule has 7 heteroatoms. The molecule has 0 aromatic carbocycles. The van der Waals surface area contributed by atoms with Gasteiger partial charge in [0.15, 0.2) is 14.8 Å². The highest BCUT2D eigenvalue weighted by atomic mass is 32.2. The normalized spacial score (nSPS) is 25.6. The number of hydrogen-bond acceptors (Lipinski definition) is 5. The van der Waals surface area contributed by atoms with Gasteiger partial charge >= 0.3 is 0 Å². The minimum Gasteiger partial charge on any atom is -0.305 e. The molecule has 2 aromatic heterocycles. The van der Waals surface area contributed by atoms with E-state index in [4.69, 9.17) is 0 Å². The van der Waals surface area contributed by atoms with E-state index in [1.807, 2.05) is 13.8 Å². The van der Waals surface area contributed by atoms with Crippen molar-refractivity contribution in [3.8, 4) is 0 Å². The van der Waals surface area contributed by atoms with Gasteiger partial charge in [0, 0.05) is 23.2 Å². The summed E-state index contributed by atoms with van der Waals surface area (Å²) < 4.78 is 25.4. The number of sulfone groups is 1. The number of fused-ring (bicyclic) bond motifs is 1. The predicted octanol–water partition coefficient (Wildman–Crippen LogP) is 1.68. The van der Waals surface area contributed by atoms with Crippen LogP contribution in [-0.4, -0.2) is 34.8 Å². The number of thiazole rings is 1. The zero-order valence-corrected chi connectivity index (χ0v) is 13.6. The molecule has 0 aliphatic carbocycles. The van der Waals surface area contributed by atoms with Crippen LogP contribution in [0.4, 0.5) is 0 Å². The van der Waals surface area contributed by atoms with E-state index in [-0.39, 0.29) is 17.0 Å². The molecule has 0 amide bonds. The van der Waals surface area contributed by atoms with Crippen molar-refractivity contribution in [2.24, 2.45) is 0 Å². The lowest BCUT2D eigenvalue weighted by Gasteiger charge is -2.24. The van der Waals surface area contributed by atoms with Crippen LogP contribution in [0.15, 0.2) is 5.38 Å². The fourth-order valence-corrected chi connectivity index (χ4v) is 5.88. The summed E-state index contributed by atoms with van der Waals surface area (Å²) in [5, 5.41) is 5.52. The average Bonchev–Trinajstić information content (AvgIpc) is 2.93. The summed E-state index contributed by atoms with van der Waals surface area (Å²) >= 11 is 1.63. The Kier molecular flexibility index (Phi) is 3.19. The molecule has 1 aliphatic rings. The van der Waals surface area contributed by atoms with Gasteiger partial charge in [0.05, 0.1) is 22.9 Å². The molecule has 3 rings (SSSR count). The maximum absolute atomic E-state index is 11.6. The van der Waals surface area contributed by atoms with Crippen molar-refractivity contribution < 1.29 is 8.42 Å². The lowest BCUT2D eigenvalue weighted by molar-refractivity contribution is 0.392. The van der Waals surface area contributed by atoms with Crippen molar-refractivity contribution in [1.82, 2.24) is 14.7 Å². The van der Waals surface area contributed by atoms with Gasteiger partial charge < -0.3 is 5.32 Å². The second-order valence-electron chi connectivity index (χ2n) is 5.90. The highest BCUT2D eigenvalue weighted by Crippen LogP contribution is 2.25. The zero-order valence-electron chi connectivity index (χ0n) is 11.9. The topological polar surface area (TPSA) is 63.5 Å². The van der Waals surface area contributed by atoms with Crippen LogP contribution in [0.1, 0.15) is 30.4 Å². The van der Waals surface area contributed by atoms with Gasteiger partial charge in [-0.3, -0.25) is 4.40 Å². The van der Waals surface area contributed by atoms with Crippen LogP contribution in [-0.2, 0) is 16.4 Å². The van der Waals surface area contributed by atoms with Crippen LogP contribution in [0.25, 0.3) is 4.96 Å². The summed E-state index contributed by atoms with van der Waals surface area (Å²) in [6.45, 7) is 6.71. The van der Waals surface area contributed by atoms with Crippen molar-refractivity contribution in [3.63, 3.8) is 0 Å². The molecular weight excluding hydrogens is 294 g/mol. The molecular formula is C13H19N3O2S2. The van der Waals surface area contributed by atoms with Gasteiger partial charge in [-0.25, -0.2) is 13.4 Å². The van der Waals surface area contributed by atoms with Crippen molar-refractivity contribution in [3.05, 3.63) is 22.5 Å². The third-order valence-corrected chi connectivity index (χ3v) is 6.86. The number of imidazole rings is 1. The monoisotopic (exact) mass is 313 g/mol. The van der Waals surface area contributed by atoms with Crippen molar-refractivity contribution in [2.45, 2.75) is 39.3 Å². The Morgan fingerprint density at radius 1 is 1.50 bits per heavy atom.